The molecule has 0 aromatic heterocycles. The van der Waals surface area contributed by atoms with Crippen LogP contribution in [-0.2, 0) is 9.47 Å². The summed E-state index contributed by atoms with van der Waals surface area (Å²) in [6, 6.07) is 10.9. The molecule has 1 saturated heterocycles. The zero-order valence-corrected chi connectivity index (χ0v) is 12.0. The average molecular weight is 263 g/mol. The number of rotatable bonds is 7. The van der Waals surface area contributed by atoms with Gasteiger partial charge in [-0.15, -0.1) is 0 Å². The van der Waals surface area contributed by atoms with Crippen LogP contribution in [0.2, 0.25) is 0 Å². The van der Waals surface area contributed by atoms with E-state index in [1.54, 1.807) is 0 Å². The number of hydrogen-bond donors (Lipinski definition) is 1. The Balaban J connectivity index is 1.89. The monoisotopic (exact) mass is 263 g/mol. The molecule has 3 nitrogen and oxygen atoms in total. The zero-order chi connectivity index (χ0) is 13.5. The van der Waals surface area contributed by atoms with E-state index < -0.39 is 0 Å². The summed E-state index contributed by atoms with van der Waals surface area (Å²) in [5.74, 6) is 0. The lowest BCUT2D eigenvalue weighted by atomic mass is 10.1. The molecule has 1 aromatic carbocycles. The highest BCUT2D eigenvalue weighted by Crippen LogP contribution is 2.20. The van der Waals surface area contributed by atoms with Crippen LogP contribution in [0.3, 0.4) is 0 Å². The van der Waals surface area contributed by atoms with Gasteiger partial charge in [0.05, 0.1) is 18.8 Å². The van der Waals surface area contributed by atoms with Gasteiger partial charge in [-0.05, 0) is 18.4 Å². The van der Waals surface area contributed by atoms with Crippen molar-refractivity contribution in [1.29, 1.82) is 0 Å². The molecule has 2 atom stereocenters. The minimum Gasteiger partial charge on any atom is -0.376 e. The van der Waals surface area contributed by atoms with Gasteiger partial charge in [-0.3, -0.25) is 0 Å². The van der Waals surface area contributed by atoms with E-state index in [-0.39, 0.29) is 12.2 Å². The Morgan fingerprint density at radius 3 is 2.74 bits per heavy atom. The average Bonchev–Trinajstić information content (AvgIpc) is 2.93. The second-order valence-corrected chi connectivity index (χ2v) is 5.43. The van der Waals surface area contributed by atoms with Gasteiger partial charge in [0.25, 0.3) is 0 Å². The summed E-state index contributed by atoms with van der Waals surface area (Å²) in [7, 11) is 0. The lowest BCUT2D eigenvalue weighted by Gasteiger charge is -2.22. The molecular weight excluding hydrogens is 238 g/mol. The van der Waals surface area contributed by atoms with E-state index in [1.165, 1.54) is 5.56 Å². The Morgan fingerprint density at radius 1 is 1.32 bits per heavy atom. The van der Waals surface area contributed by atoms with Gasteiger partial charge in [0, 0.05) is 19.2 Å². The SMILES string of the molecule is CC(C)NCC(OCC1CCCO1)c1ccccc1. The number of ether oxygens (including phenoxy) is 2. The van der Waals surface area contributed by atoms with E-state index in [0.29, 0.717) is 12.6 Å². The molecule has 3 heteroatoms. The van der Waals surface area contributed by atoms with E-state index in [0.717, 1.165) is 26.0 Å². The van der Waals surface area contributed by atoms with Crippen LogP contribution in [0.4, 0.5) is 0 Å². The van der Waals surface area contributed by atoms with Crippen molar-refractivity contribution >= 4 is 0 Å². The second kappa shape index (κ2) is 7.63. The van der Waals surface area contributed by atoms with Crippen LogP contribution in [0.25, 0.3) is 0 Å². The first-order chi connectivity index (χ1) is 9.25. The van der Waals surface area contributed by atoms with Gasteiger partial charge >= 0.3 is 0 Å². The second-order valence-electron chi connectivity index (χ2n) is 5.43. The molecule has 0 saturated carbocycles. The maximum absolute atomic E-state index is 6.08. The summed E-state index contributed by atoms with van der Waals surface area (Å²) in [6.07, 6.45) is 2.67. The molecule has 1 N–H and O–H groups in total. The molecule has 1 aromatic rings. The first-order valence-electron chi connectivity index (χ1n) is 7.27. The molecule has 0 aliphatic carbocycles. The van der Waals surface area contributed by atoms with Crippen LogP contribution in [0, 0.1) is 0 Å². The summed E-state index contributed by atoms with van der Waals surface area (Å²) in [6.45, 7) is 6.73. The van der Waals surface area contributed by atoms with Crippen LogP contribution in [0.5, 0.6) is 0 Å². The van der Waals surface area contributed by atoms with E-state index >= 15 is 0 Å². The Morgan fingerprint density at radius 2 is 2.11 bits per heavy atom. The Kier molecular flexibility index (Phi) is 5.83. The van der Waals surface area contributed by atoms with Crippen molar-refractivity contribution in [2.24, 2.45) is 0 Å². The highest BCUT2D eigenvalue weighted by molar-refractivity contribution is 5.18. The molecule has 1 aliphatic heterocycles. The van der Waals surface area contributed by atoms with Gasteiger partial charge in [0.2, 0.25) is 0 Å². The molecule has 0 bridgehead atoms. The maximum Gasteiger partial charge on any atom is 0.0950 e. The van der Waals surface area contributed by atoms with Gasteiger partial charge < -0.3 is 14.8 Å². The van der Waals surface area contributed by atoms with Crippen LogP contribution < -0.4 is 5.32 Å². The highest BCUT2D eigenvalue weighted by atomic mass is 16.5. The van der Waals surface area contributed by atoms with Crippen molar-refractivity contribution in [2.45, 2.75) is 44.9 Å². The molecule has 2 rings (SSSR count). The number of nitrogens with one attached hydrogen (secondary N) is 1. The smallest absolute Gasteiger partial charge is 0.0950 e. The third-order valence-electron chi connectivity index (χ3n) is 3.39. The van der Waals surface area contributed by atoms with Crippen LogP contribution >= 0.6 is 0 Å². The van der Waals surface area contributed by atoms with Crippen LogP contribution in [-0.4, -0.2) is 31.9 Å². The number of hydrogen-bond acceptors (Lipinski definition) is 3. The molecule has 1 fully saturated rings. The molecular formula is C16H25NO2. The predicted molar refractivity (Wildman–Crippen MR) is 77.2 cm³/mol. The number of benzene rings is 1. The fourth-order valence-electron chi connectivity index (χ4n) is 2.28. The van der Waals surface area contributed by atoms with Crippen molar-refractivity contribution in [3.05, 3.63) is 35.9 Å². The normalized spacial score (nSPS) is 20.9. The summed E-state index contributed by atoms with van der Waals surface area (Å²) < 4.78 is 11.7. The standard InChI is InChI=1S/C16H25NO2/c1-13(2)17-11-16(14-7-4-3-5-8-14)19-12-15-9-6-10-18-15/h3-5,7-8,13,15-17H,6,9-12H2,1-2H3. The first kappa shape index (κ1) is 14.5. The maximum atomic E-state index is 6.08. The van der Waals surface area contributed by atoms with Crippen molar-refractivity contribution in [3.8, 4) is 0 Å². The molecule has 106 valence electrons. The molecule has 0 amide bonds. The lowest BCUT2D eigenvalue weighted by molar-refractivity contribution is -0.0214. The van der Waals surface area contributed by atoms with E-state index in [2.05, 4.69) is 43.4 Å². The molecule has 0 spiro atoms. The third-order valence-corrected chi connectivity index (χ3v) is 3.39. The molecule has 1 aliphatic rings. The third kappa shape index (κ3) is 4.94. The van der Waals surface area contributed by atoms with E-state index in [4.69, 9.17) is 9.47 Å². The quantitative estimate of drug-likeness (QED) is 0.820. The highest BCUT2D eigenvalue weighted by Gasteiger charge is 2.19. The lowest BCUT2D eigenvalue weighted by Crippen LogP contribution is -2.30. The van der Waals surface area contributed by atoms with Crippen molar-refractivity contribution in [1.82, 2.24) is 5.32 Å². The summed E-state index contributed by atoms with van der Waals surface area (Å²) in [5.41, 5.74) is 1.23. The summed E-state index contributed by atoms with van der Waals surface area (Å²) in [4.78, 5) is 0. The topological polar surface area (TPSA) is 30.5 Å². The summed E-state index contributed by atoms with van der Waals surface area (Å²) >= 11 is 0. The fourth-order valence-corrected chi connectivity index (χ4v) is 2.28. The largest absolute Gasteiger partial charge is 0.376 e. The minimum atomic E-state index is 0.104. The van der Waals surface area contributed by atoms with Gasteiger partial charge in [0.15, 0.2) is 0 Å². The van der Waals surface area contributed by atoms with Crippen molar-refractivity contribution in [2.75, 3.05) is 19.8 Å². The van der Waals surface area contributed by atoms with E-state index in [9.17, 15) is 0 Å². The molecule has 2 unspecified atom stereocenters. The fraction of sp³-hybridized carbons (Fsp3) is 0.625. The van der Waals surface area contributed by atoms with Gasteiger partial charge in [-0.1, -0.05) is 44.2 Å². The minimum absolute atomic E-state index is 0.104. The first-order valence-corrected chi connectivity index (χ1v) is 7.27. The predicted octanol–water partition coefficient (Wildman–Crippen LogP) is 2.92. The molecule has 19 heavy (non-hydrogen) atoms. The summed E-state index contributed by atoms with van der Waals surface area (Å²) in [5, 5.41) is 3.45. The molecule has 0 radical (unpaired) electrons. The van der Waals surface area contributed by atoms with Gasteiger partial charge in [-0.2, -0.15) is 0 Å². The van der Waals surface area contributed by atoms with Crippen molar-refractivity contribution in [3.63, 3.8) is 0 Å². The van der Waals surface area contributed by atoms with E-state index in [1.807, 2.05) is 6.07 Å². The molecule has 1 heterocycles. The Labute approximate surface area is 116 Å². The van der Waals surface area contributed by atoms with Gasteiger partial charge in [0.1, 0.15) is 0 Å². The van der Waals surface area contributed by atoms with Gasteiger partial charge in [-0.25, -0.2) is 0 Å². The van der Waals surface area contributed by atoms with Crippen molar-refractivity contribution < 1.29 is 9.47 Å². The zero-order valence-electron chi connectivity index (χ0n) is 12.0. The van der Waals surface area contributed by atoms with Crippen LogP contribution in [0.1, 0.15) is 38.4 Å². The Hall–Kier alpha value is -0.900. The van der Waals surface area contributed by atoms with Crippen LogP contribution in [0.15, 0.2) is 30.3 Å². The Bertz CT molecular complexity index is 347.